The predicted octanol–water partition coefficient (Wildman–Crippen LogP) is 16.0. The van der Waals surface area contributed by atoms with Gasteiger partial charge in [-0.1, -0.05) is 194 Å². The highest BCUT2D eigenvalue weighted by Gasteiger charge is 2.19. The van der Waals surface area contributed by atoms with Crippen LogP contribution in [0, 0.1) is 0 Å². The molecule has 0 N–H and O–H groups in total. The van der Waals surface area contributed by atoms with Crippen LogP contribution >= 0.6 is 0 Å². The van der Waals surface area contributed by atoms with Gasteiger partial charge in [-0.05, 0) is 98.4 Å². The zero-order valence-electron chi connectivity index (χ0n) is 36.9. The molecule has 0 spiro atoms. The summed E-state index contributed by atoms with van der Waals surface area (Å²) in [5.74, 6) is 1.71. The van der Waals surface area contributed by atoms with E-state index in [1.807, 2.05) is 24.3 Å². The normalized spacial score (nSPS) is 11.2. The summed E-state index contributed by atoms with van der Waals surface area (Å²) < 4.78 is 0. The van der Waals surface area contributed by atoms with Gasteiger partial charge in [-0.3, -0.25) is 0 Å². The van der Waals surface area contributed by atoms with Gasteiger partial charge in [0.15, 0.2) is 17.5 Å². The molecule has 0 unspecified atom stereocenters. The van der Waals surface area contributed by atoms with Crippen molar-refractivity contribution in [1.29, 1.82) is 0 Å². The molecule has 0 saturated heterocycles. The van der Waals surface area contributed by atoms with Gasteiger partial charge in [-0.15, -0.1) is 0 Å². The van der Waals surface area contributed by atoms with Crippen LogP contribution in [0.4, 0.5) is 0 Å². The first-order valence-electron chi connectivity index (χ1n) is 22.8. The number of benzene rings is 9. The van der Waals surface area contributed by atoms with E-state index in [-0.39, 0.29) is 0 Å². The Hall–Kier alpha value is -9.19. The molecule has 5 nitrogen and oxygen atoms in total. The van der Waals surface area contributed by atoms with E-state index in [4.69, 9.17) is 24.9 Å². The molecule has 3 heterocycles. The molecule has 9 aromatic carbocycles. The van der Waals surface area contributed by atoms with Crippen LogP contribution in [-0.4, -0.2) is 24.9 Å². The van der Waals surface area contributed by atoms with E-state index in [1.54, 1.807) is 0 Å². The highest BCUT2D eigenvalue weighted by Crippen LogP contribution is 2.38. The Labute approximate surface area is 394 Å². The lowest BCUT2D eigenvalue weighted by atomic mass is 9.95. The molecule has 0 atom stereocenters. The van der Waals surface area contributed by atoms with Crippen LogP contribution < -0.4 is 0 Å². The van der Waals surface area contributed by atoms with E-state index in [0.717, 1.165) is 106 Å². The van der Waals surface area contributed by atoms with Crippen molar-refractivity contribution in [2.24, 2.45) is 0 Å². The molecule has 68 heavy (non-hydrogen) atoms. The minimum atomic E-state index is 0.541. The second-order valence-corrected chi connectivity index (χ2v) is 16.9. The standard InChI is InChI=1S/C63H41N5/c1-5-17-42(18-6-1)52-38-57(46-23-9-3-10-24-46)64-59(40-52)54-35-55(60-41-53(43-19-7-2-8-20-43)39-58(65-60)47-25-11-4-12-26-47)37-56(36-54)63-67-61(50-31-29-44-21-13-15-27-48(44)33-50)66-62(68-63)51-32-30-45-22-14-16-28-49(45)34-51/h1-41H. The van der Waals surface area contributed by atoms with Gasteiger partial charge >= 0.3 is 0 Å². The summed E-state index contributed by atoms with van der Waals surface area (Å²) >= 11 is 0. The first-order valence-corrected chi connectivity index (χ1v) is 22.8. The summed E-state index contributed by atoms with van der Waals surface area (Å²) in [4.78, 5) is 26.7. The van der Waals surface area contributed by atoms with Gasteiger partial charge in [0.1, 0.15) is 0 Å². The zero-order chi connectivity index (χ0) is 45.2. The molecule has 0 aliphatic rings. The highest BCUT2D eigenvalue weighted by atomic mass is 15.0. The van der Waals surface area contributed by atoms with Crippen molar-refractivity contribution in [2.75, 3.05) is 0 Å². The SMILES string of the molecule is c1ccc(-c2cc(-c3ccccc3)nc(-c3cc(-c4cc(-c5ccccc5)cc(-c5ccccc5)n4)cc(-c4nc(-c5ccc6ccccc6c5)nc(-c5ccc6ccccc6c5)n4)c3)c2)cc1. The van der Waals surface area contributed by atoms with Crippen LogP contribution in [0.1, 0.15) is 0 Å². The number of hydrogen-bond donors (Lipinski definition) is 0. The Morgan fingerprint density at radius 2 is 0.471 bits per heavy atom. The molecule has 5 heteroatoms. The van der Waals surface area contributed by atoms with E-state index >= 15 is 0 Å². The van der Waals surface area contributed by atoms with Gasteiger partial charge in [0.2, 0.25) is 0 Å². The molecular weight excluding hydrogens is 827 g/mol. The summed E-state index contributed by atoms with van der Waals surface area (Å²) in [6.45, 7) is 0. The largest absolute Gasteiger partial charge is 0.248 e. The van der Waals surface area contributed by atoms with Gasteiger partial charge in [0, 0.05) is 38.9 Å². The topological polar surface area (TPSA) is 64.5 Å². The molecule has 0 amide bonds. The van der Waals surface area contributed by atoms with Gasteiger partial charge in [-0.2, -0.15) is 0 Å². The van der Waals surface area contributed by atoms with Crippen LogP contribution in [0.15, 0.2) is 249 Å². The first kappa shape index (κ1) is 40.3. The number of fused-ring (bicyclic) bond motifs is 2. The lowest BCUT2D eigenvalue weighted by Gasteiger charge is -2.15. The fourth-order valence-corrected chi connectivity index (χ4v) is 8.94. The van der Waals surface area contributed by atoms with Gasteiger partial charge in [-0.25, -0.2) is 24.9 Å². The summed E-state index contributed by atoms with van der Waals surface area (Å²) in [5.41, 5.74) is 14.2. The average Bonchev–Trinajstić information content (AvgIpc) is 3.43. The number of nitrogens with zero attached hydrogens (tertiary/aromatic N) is 5. The van der Waals surface area contributed by atoms with Crippen molar-refractivity contribution >= 4 is 21.5 Å². The molecule has 0 aliphatic carbocycles. The third kappa shape index (κ3) is 8.21. The third-order valence-corrected chi connectivity index (χ3v) is 12.4. The van der Waals surface area contributed by atoms with Crippen LogP contribution in [0.5, 0.6) is 0 Å². The molecule has 3 aromatic heterocycles. The zero-order valence-corrected chi connectivity index (χ0v) is 36.9. The third-order valence-electron chi connectivity index (χ3n) is 12.4. The number of pyridine rings is 2. The molecule has 12 aromatic rings. The van der Waals surface area contributed by atoms with E-state index in [1.165, 1.54) is 0 Å². The lowest BCUT2D eigenvalue weighted by Crippen LogP contribution is -2.01. The summed E-state index contributed by atoms with van der Waals surface area (Å²) in [5, 5.41) is 4.53. The van der Waals surface area contributed by atoms with Crippen LogP contribution in [0.2, 0.25) is 0 Å². The Balaban J connectivity index is 1.12. The van der Waals surface area contributed by atoms with Gasteiger partial charge in [0.25, 0.3) is 0 Å². The van der Waals surface area contributed by atoms with Crippen molar-refractivity contribution in [1.82, 2.24) is 24.9 Å². The Morgan fingerprint density at radius 1 is 0.162 bits per heavy atom. The summed E-state index contributed by atoms with van der Waals surface area (Å²) in [6, 6.07) is 86.5. The lowest BCUT2D eigenvalue weighted by molar-refractivity contribution is 1.07. The fourth-order valence-electron chi connectivity index (χ4n) is 8.94. The quantitative estimate of drug-likeness (QED) is 0.145. The van der Waals surface area contributed by atoms with Crippen molar-refractivity contribution in [2.45, 2.75) is 0 Å². The second-order valence-electron chi connectivity index (χ2n) is 16.9. The number of rotatable bonds is 9. The average molecular weight is 868 g/mol. The van der Waals surface area contributed by atoms with Crippen LogP contribution in [-0.2, 0) is 0 Å². The molecular formula is C63H41N5. The van der Waals surface area contributed by atoms with E-state index in [2.05, 4.69) is 224 Å². The molecule has 0 aliphatic heterocycles. The summed E-state index contributed by atoms with van der Waals surface area (Å²) in [7, 11) is 0. The minimum absolute atomic E-state index is 0.541. The minimum Gasteiger partial charge on any atom is -0.248 e. The Kier molecular flexibility index (Phi) is 10.5. The van der Waals surface area contributed by atoms with E-state index < -0.39 is 0 Å². The maximum Gasteiger partial charge on any atom is 0.164 e. The Morgan fingerprint density at radius 3 is 0.868 bits per heavy atom. The molecule has 12 rings (SSSR count). The van der Waals surface area contributed by atoms with Crippen molar-refractivity contribution in [3.8, 4) is 101 Å². The van der Waals surface area contributed by atoms with Gasteiger partial charge in [0.05, 0.1) is 22.8 Å². The van der Waals surface area contributed by atoms with E-state index in [9.17, 15) is 0 Å². The Bertz CT molecular complexity index is 3420. The maximum atomic E-state index is 5.41. The van der Waals surface area contributed by atoms with E-state index in [0.29, 0.717) is 17.5 Å². The molecule has 0 saturated carbocycles. The number of hydrogen-bond acceptors (Lipinski definition) is 5. The second kappa shape index (κ2) is 17.7. The first-order chi connectivity index (χ1) is 33.6. The van der Waals surface area contributed by atoms with Crippen molar-refractivity contribution < 1.29 is 0 Å². The van der Waals surface area contributed by atoms with Crippen molar-refractivity contribution in [3.05, 3.63) is 249 Å². The molecule has 318 valence electrons. The maximum absolute atomic E-state index is 5.41. The van der Waals surface area contributed by atoms with Crippen LogP contribution in [0.25, 0.3) is 123 Å². The molecule has 0 radical (unpaired) electrons. The predicted molar refractivity (Wildman–Crippen MR) is 279 cm³/mol. The smallest absolute Gasteiger partial charge is 0.164 e. The highest BCUT2D eigenvalue weighted by molar-refractivity contribution is 5.89. The molecule has 0 bridgehead atoms. The van der Waals surface area contributed by atoms with Gasteiger partial charge < -0.3 is 0 Å². The molecule has 0 fully saturated rings. The number of aromatic nitrogens is 5. The van der Waals surface area contributed by atoms with Crippen molar-refractivity contribution in [3.63, 3.8) is 0 Å². The fraction of sp³-hybridized carbons (Fsp3) is 0. The monoisotopic (exact) mass is 867 g/mol. The summed E-state index contributed by atoms with van der Waals surface area (Å²) in [6.07, 6.45) is 0. The van der Waals surface area contributed by atoms with Crippen LogP contribution in [0.3, 0.4) is 0 Å².